The quantitative estimate of drug-likeness (QED) is 0.308. The fraction of sp³-hybridized carbons (Fsp3) is 0.429. The Bertz CT molecular complexity index is 235. The number of hydrogen-bond donors (Lipinski definition) is 1. The maximum absolute atomic E-state index is 12.6. The molecule has 0 aliphatic heterocycles. The Labute approximate surface area is 69.2 Å². The van der Waals surface area contributed by atoms with Crippen molar-refractivity contribution < 1.29 is 14.4 Å². The molecular formula is C7H10FNO3. The summed E-state index contributed by atoms with van der Waals surface area (Å²) in [6.45, 7) is 2.65. The molecule has 0 aromatic rings. The first-order valence-corrected chi connectivity index (χ1v) is 3.35. The second-order valence-electron chi connectivity index (χ2n) is 2.21. The molecule has 0 aliphatic rings. The van der Waals surface area contributed by atoms with Gasteiger partial charge < -0.3 is 5.11 Å². The topological polar surface area (TPSA) is 63.4 Å². The Morgan fingerprint density at radius 1 is 1.75 bits per heavy atom. The van der Waals surface area contributed by atoms with Gasteiger partial charge in [0, 0.05) is 17.9 Å². The fourth-order valence-corrected chi connectivity index (χ4v) is 0.496. The lowest BCUT2D eigenvalue weighted by Crippen LogP contribution is -2.11. The lowest BCUT2D eigenvalue weighted by molar-refractivity contribution is -0.505. The standard InChI is InChI=1S/C7H10FNO3/c1-3-7(10)6(8)4-5(2)9(11)12/h3-5,10H,1-2H3/b6-4+,7-3+. The maximum atomic E-state index is 12.6. The molecular weight excluding hydrogens is 165 g/mol. The van der Waals surface area contributed by atoms with Crippen LogP contribution in [0.25, 0.3) is 0 Å². The Morgan fingerprint density at radius 2 is 2.25 bits per heavy atom. The zero-order valence-corrected chi connectivity index (χ0v) is 6.82. The van der Waals surface area contributed by atoms with Crippen LogP contribution in [0.15, 0.2) is 23.7 Å². The van der Waals surface area contributed by atoms with Crippen LogP contribution in [0.2, 0.25) is 0 Å². The third-order valence-electron chi connectivity index (χ3n) is 1.24. The van der Waals surface area contributed by atoms with Gasteiger partial charge >= 0.3 is 0 Å². The van der Waals surface area contributed by atoms with Crippen molar-refractivity contribution in [3.05, 3.63) is 33.9 Å². The average Bonchev–Trinajstić information content (AvgIpc) is 2.02. The van der Waals surface area contributed by atoms with Gasteiger partial charge in [-0.15, -0.1) is 0 Å². The van der Waals surface area contributed by atoms with Crippen molar-refractivity contribution in [2.45, 2.75) is 19.9 Å². The van der Waals surface area contributed by atoms with E-state index in [2.05, 4.69) is 0 Å². The molecule has 5 heteroatoms. The van der Waals surface area contributed by atoms with Crippen molar-refractivity contribution in [1.29, 1.82) is 0 Å². The molecule has 0 amide bonds. The minimum Gasteiger partial charge on any atom is -0.505 e. The lowest BCUT2D eigenvalue weighted by Gasteiger charge is -1.97. The van der Waals surface area contributed by atoms with Crippen molar-refractivity contribution in [2.75, 3.05) is 0 Å². The van der Waals surface area contributed by atoms with Crippen molar-refractivity contribution in [3.63, 3.8) is 0 Å². The van der Waals surface area contributed by atoms with Crippen LogP contribution in [-0.2, 0) is 0 Å². The van der Waals surface area contributed by atoms with E-state index < -0.39 is 22.6 Å². The number of nitro groups is 1. The number of aliphatic hydroxyl groups is 1. The van der Waals surface area contributed by atoms with Gasteiger partial charge in [0.15, 0.2) is 5.83 Å². The van der Waals surface area contributed by atoms with Crippen LogP contribution in [-0.4, -0.2) is 16.1 Å². The summed E-state index contributed by atoms with van der Waals surface area (Å²) >= 11 is 0. The lowest BCUT2D eigenvalue weighted by atomic mass is 10.3. The van der Waals surface area contributed by atoms with Crippen LogP contribution in [0.4, 0.5) is 4.39 Å². The molecule has 0 rings (SSSR count). The largest absolute Gasteiger partial charge is 0.505 e. The minimum atomic E-state index is -1.13. The molecule has 0 aromatic carbocycles. The summed E-state index contributed by atoms with van der Waals surface area (Å²) in [5.41, 5.74) is 0. The zero-order chi connectivity index (χ0) is 9.72. The number of hydrogen-bond acceptors (Lipinski definition) is 3. The van der Waals surface area contributed by atoms with Crippen LogP contribution in [0.1, 0.15) is 13.8 Å². The molecule has 68 valence electrons. The van der Waals surface area contributed by atoms with Crippen LogP contribution in [0, 0.1) is 10.1 Å². The van der Waals surface area contributed by atoms with E-state index in [1.165, 1.54) is 13.8 Å². The number of aliphatic hydroxyl groups excluding tert-OH is 1. The fourth-order valence-electron chi connectivity index (χ4n) is 0.496. The minimum absolute atomic E-state index is 0.580. The second-order valence-corrected chi connectivity index (χ2v) is 2.21. The Kier molecular flexibility index (Phi) is 3.96. The summed E-state index contributed by atoms with van der Waals surface area (Å²) in [6.07, 6.45) is 1.87. The zero-order valence-electron chi connectivity index (χ0n) is 6.82. The summed E-state index contributed by atoms with van der Waals surface area (Å²) in [7, 11) is 0. The summed E-state index contributed by atoms with van der Waals surface area (Å²) in [6, 6.07) is -1.13. The third kappa shape index (κ3) is 3.14. The van der Waals surface area contributed by atoms with Crippen molar-refractivity contribution >= 4 is 0 Å². The molecule has 0 saturated heterocycles. The van der Waals surface area contributed by atoms with Crippen molar-refractivity contribution in [1.82, 2.24) is 0 Å². The van der Waals surface area contributed by atoms with Gasteiger partial charge in [-0.3, -0.25) is 10.1 Å². The molecule has 0 heterocycles. The van der Waals surface area contributed by atoms with Crippen LogP contribution in [0.3, 0.4) is 0 Å². The Hall–Kier alpha value is -1.39. The van der Waals surface area contributed by atoms with E-state index in [1.807, 2.05) is 0 Å². The van der Waals surface area contributed by atoms with E-state index in [0.717, 1.165) is 12.2 Å². The molecule has 0 saturated carbocycles. The average molecular weight is 175 g/mol. The third-order valence-corrected chi connectivity index (χ3v) is 1.24. The first-order chi connectivity index (χ1) is 5.49. The van der Waals surface area contributed by atoms with Crippen LogP contribution < -0.4 is 0 Å². The molecule has 4 nitrogen and oxygen atoms in total. The highest BCUT2D eigenvalue weighted by Gasteiger charge is 2.12. The molecule has 0 bridgehead atoms. The molecule has 1 unspecified atom stereocenters. The maximum Gasteiger partial charge on any atom is 0.231 e. The highest BCUT2D eigenvalue weighted by Crippen LogP contribution is 2.09. The smallest absolute Gasteiger partial charge is 0.231 e. The predicted molar refractivity (Wildman–Crippen MR) is 42.0 cm³/mol. The Balaban J connectivity index is 4.46. The number of nitrogens with zero attached hydrogens (tertiary/aromatic N) is 1. The van der Waals surface area contributed by atoms with Crippen LogP contribution in [0.5, 0.6) is 0 Å². The highest BCUT2D eigenvalue weighted by atomic mass is 19.1. The van der Waals surface area contributed by atoms with E-state index in [1.54, 1.807) is 0 Å². The first kappa shape index (κ1) is 10.6. The van der Waals surface area contributed by atoms with E-state index in [-0.39, 0.29) is 0 Å². The van der Waals surface area contributed by atoms with Gasteiger partial charge in [0.05, 0.1) is 0 Å². The first-order valence-electron chi connectivity index (χ1n) is 3.35. The van der Waals surface area contributed by atoms with E-state index in [4.69, 9.17) is 5.11 Å². The van der Waals surface area contributed by atoms with Gasteiger partial charge in [-0.1, -0.05) is 0 Å². The van der Waals surface area contributed by atoms with Gasteiger partial charge in [-0.25, -0.2) is 4.39 Å². The van der Waals surface area contributed by atoms with Gasteiger partial charge in [0.1, 0.15) is 5.76 Å². The number of allylic oxidation sites excluding steroid dienone is 2. The van der Waals surface area contributed by atoms with Gasteiger partial charge in [-0.05, 0) is 13.0 Å². The SMILES string of the molecule is C/C=C(O)\C(F)=C/C(C)[N+](=O)[O-]. The number of halogens is 1. The van der Waals surface area contributed by atoms with E-state index >= 15 is 0 Å². The summed E-state index contributed by atoms with van der Waals surface area (Å²) in [4.78, 5) is 9.39. The summed E-state index contributed by atoms with van der Waals surface area (Å²) < 4.78 is 12.6. The molecule has 0 aliphatic carbocycles. The van der Waals surface area contributed by atoms with Crippen molar-refractivity contribution in [2.24, 2.45) is 0 Å². The van der Waals surface area contributed by atoms with Gasteiger partial charge in [-0.2, -0.15) is 0 Å². The molecule has 1 N–H and O–H groups in total. The molecule has 12 heavy (non-hydrogen) atoms. The monoisotopic (exact) mass is 175 g/mol. The normalized spacial score (nSPS) is 15.9. The Morgan fingerprint density at radius 3 is 2.58 bits per heavy atom. The van der Waals surface area contributed by atoms with Crippen molar-refractivity contribution in [3.8, 4) is 0 Å². The predicted octanol–water partition coefficient (Wildman–Crippen LogP) is 1.97. The molecule has 0 fully saturated rings. The highest BCUT2D eigenvalue weighted by molar-refractivity contribution is 5.18. The molecule has 0 aromatic heterocycles. The van der Waals surface area contributed by atoms with Gasteiger partial charge in [0.2, 0.25) is 6.04 Å². The molecule has 1 atom stereocenters. The van der Waals surface area contributed by atoms with Gasteiger partial charge in [0.25, 0.3) is 0 Å². The summed E-state index contributed by atoms with van der Waals surface area (Å²) in [5, 5.41) is 18.8. The van der Waals surface area contributed by atoms with Crippen LogP contribution >= 0.6 is 0 Å². The summed E-state index contributed by atoms with van der Waals surface area (Å²) in [5.74, 6) is -1.55. The second kappa shape index (κ2) is 4.48. The van der Waals surface area contributed by atoms with E-state index in [0.29, 0.717) is 0 Å². The molecule has 0 spiro atoms. The number of rotatable bonds is 3. The van der Waals surface area contributed by atoms with E-state index in [9.17, 15) is 14.5 Å². The molecule has 0 radical (unpaired) electrons.